The predicted molar refractivity (Wildman–Crippen MR) is 112 cm³/mol. The van der Waals surface area contributed by atoms with Crippen molar-refractivity contribution in [2.75, 3.05) is 11.9 Å². The van der Waals surface area contributed by atoms with Crippen molar-refractivity contribution >= 4 is 74.6 Å². The maximum absolute atomic E-state index is 12.3. The molecule has 0 fully saturated rings. The van der Waals surface area contributed by atoms with E-state index in [1.165, 1.54) is 11.8 Å². The van der Waals surface area contributed by atoms with Gasteiger partial charge in [0.2, 0.25) is 0 Å². The molecule has 6 heteroatoms. The van der Waals surface area contributed by atoms with Crippen LogP contribution in [0.3, 0.4) is 0 Å². The number of hydrogen-bond acceptors (Lipinski definition) is 3. The minimum absolute atomic E-state index is 0.0624. The third kappa shape index (κ3) is 3.85. The minimum Gasteiger partial charge on any atom is -0.492 e. The van der Waals surface area contributed by atoms with E-state index in [0.717, 1.165) is 29.0 Å². The van der Waals surface area contributed by atoms with Gasteiger partial charge in [0.1, 0.15) is 5.75 Å². The van der Waals surface area contributed by atoms with Crippen molar-refractivity contribution in [3.05, 3.63) is 54.0 Å². The normalized spacial score (nSPS) is 15.3. The third-order valence-corrected chi connectivity index (χ3v) is 5.89. The molecule has 1 N–H and O–H groups in total. The van der Waals surface area contributed by atoms with E-state index in [1.807, 2.05) is 49.4 Å². The highest BCUT2D eigenvalue weighted by Gasteiger charge is 2.20. The van der Waals surface area contributed by atoms with Gasteiger partial charge in [0.05, 0.1) is 24.3 Å². The monoisotopic (exact) mass is 549 g/mol. The van der Waals surface area contributed by atoms with Crippen molar-refractivity contribution < 1.29 is 9.53 Å². The molecule has 0 saturated carbocycles. The molecule has 0 atom stereocenters. The highest BCUT2D eigenvalue weighted by molar-refractivity contribution is 14.1. The van der Waals surface area contributed by atoms with Gasteiger partial charge in [-0.15, -0.1) is 0 Å². The van der Waals surface area contributed by atoms with Crippen molar-refractivity contribution in [1.82, 2.24) is 0 Å². The number of hydrogen-bond donors (Lipinski definition) is 1. The molecule has 1 amide bonds. The zero-order valence-electron chi connectivity index (χ0n) is 12.2. The van der Waals surface area contributed by atoms with E-state index in [1.54, 1.807) is 0 Å². The fraction of sp³-hybridized carbons (Fsp3) is 0.118. The summed E-state index contributed by atoms with van der Waals surface area (Å²) in [5, 5.41) is 2.93. The Morgan fingerprint density at radius 3 is 2.61 bits per heavy atom. The SMILES string of the molecule is CCOc1c(I)cc(/C=C2\Sc3ccccc3NC2=O)cc1I. The second kappa shape index (κ2) is 7.43. The number of rotatable bonds is 3. The van der Waals surface area contributed by atoms with Crippen molar-refractivity contribution in [1.29, 1.82) is 0 Å². The summed E-state index contributed by atoms with van der Waals surface area (Å²) in [6, 6.07) is 11.9. The lowest BCUT2D eigenvalue weighted by Crippen LogP contribution is -2.17. The topological polar surface area (TPSA) is 38.3 Å². The third-order valence-electron chi connectivity index (χ3n) is 3.19. The van der Waals surface area contributed by atoms with Gasteiger partial charge in [-0.05, 0) is 88.0 Å². The Morgan fingerprint density at radius 2 is 1.91 bits per heavy atom. The number of ether oxygens (including phenoxy) is 1. The number of halogens is 2. The van der Waals surface area contributed by atoms with Crippen molar-refractivity contribution in [2.45, 2.75) is 11.8 Å². The number of fused-ring (bicyclic) bond motifs is 1. The fourth-order valence-corrected chi connectivity index (χ4v) is 5.28. The van der Waals surface area contributed by atoms with Crippen LogP contribution in [-0.4, -0.2) is 12.5 Å². The average Bonchev–Trinajstić information content (AvgIpc) is 2.52. The van der Waals surface area contributed by atoms with Crippen LogP contribution in [0.1, 0.15) is 12.5 Å². The van der Waals surface area contributed by atoms with E-state index < -0.39 is 0 Å². The molecule has 0 radical (unpaired) electrons. The van der Waals surface area contributed by atoms with Gasteiger partial charge in [0, 0.05) is 4.90 Å². The molecule has 3 rings (SSSR count). The molecule has 1 heterocycles. The molecule has 0 aromatic heterocycles. The summed E-state index contributed by atoms with van der Waals surface area (Å²) in [5.41, 5.74) is 1.87. The summed E-state index contributed by atoms with van der Waals surface area (Å²) in [4.78, 5) is 14.0. The Hall–Kier alpha value is -0.740. The number of carbonyl (C=O) groups excluding carboxylic acids is 1. The summed E-state index contributed by atoms with van der Waals surface area (Å²) in [6.45, 7) is 2.62. The van der Waals surface area contributed by atoms with E-state index in [4.69, 9.17) is 4.74 Å². The summed E-state index contributed by atoms with van der Waals surface area (Å²) in [6.07, 6.45) is 1.93. The van der Waals surface area contributed by atoms with Gasteiger partial charge >= 0.3 is 0 Å². The highest BCUT2D eigenvalue weighted by atomic mass is 127. The summed E-state index contributed by atoms with van der Waals surface area (Å²) >= 11 is 6.04. The number of thioether (sulfide) groups is 1. The molecule has 0 bridgehead atoms. The molecule has 118 valence electrons. The highest BCUT2D eigenvalue weighted by Crippen LogP contribution is 2.39. The zero-order chi connectivity index (χ0) is 16.4. The second-order valence-electron chi connectivity index (χ2n) is 4.81. The number of para-hydroxylation sites is 1. The first-order chi connectivity index (χ1) is 11.1. The standard InChI is InChI=1S/C17H13I2NO2S/c1-2-22-16-11(18)7-10(8-12(16)19)9-15-17(21)20-13-5-3-4-6-14(13)23-15/h3-9H,2H2,1H3,(H,20,21)/b15-9-. The van der Waals surface area contributed by atoms with Gasteiger partial charge in [-0.3, -0.25) is 4.79 Å². The zero-order valence-corrected chi connectivity index (χ0v) is 17.4. The first kappa shape index (κ1) is 17.1. The van der Waals surface area contributed by atoms with Gasteiger partial charge in [0.25, 0.3) is 5.91 Å². The first-order valence-corrected chi connectivity index (χ1v) is 9.97. The minimum atomic E-state index is -0.0624. The molecular weight excluding hydrogens is 536 g/mol. The Kier molecular flexibility index (Phi) is 5.53. The second-order valence-corrected chi connectivity index (χ2v) is 8.22. The number of benzene rings is 2. The molecule has 3 nitrogen and oxygen atoms in total. The van der Waals surface area contributed by atoms with Gasteiger partial charge in [0.15, 0.2) is 0 Å². The Morgan fingerprint density at radius 1 is 1.22 bits per heavy atom. The Labute approximate surface area is 166 Å². The molecule has 1 aliphatic heterocycles. The summed E-state index contributed by atoms with van der Waals surface area (Å²) in [7, 11) is 0. The lowest BCUT2D eigenvalue weighted by atomic mass is 10.2. The average molecular weight is 549 g/mol. The summed E-state index contributed by atoms with van der Waals surface area (Å²) in [5.74, 6) is 0.842. The first-order valence-electron chi connectivity index (χ1n) is 7.00. The van der Waals surface area contributed by atoms with Crippen LogP contribution in [0, 0.1) is 7.14 Å². The van der Waals surface area contributed by atoms with E-state index in [0.29, 0.717) is 11.5 Å². The molecular formula is C17H13I2NO2S. The lowest BCUT2D eigenvalue weighted by molar-refractivity contribution is -0.112. The van der Waals surface area contributed by atoms with Crippen molar-refractivity contribution in [3.63, 3.8) is 0 Å². The number of amides is 1. The van der Waals surface area contributed by atoms with E-state index in [2.05, 4.69) is 50.5 Å². The van der Waals surface area contributed by atoms with Gasteiger partial charge in [-0.25, -0.2) is 0 Å². The fourth-order valence-electron chi connectivity index (χ4n) is 2.20. The van der Waals surface area contributed by atoms with E-state index in [9.17, 15) is 4.79 Å². The van der Waals surface area contributed by atoms with Gasteiger partial charge in [-0.1, -0.05) is 23.9 Å². The van der Waals surface area contributed by atoms with Crippen LogP contribution in [0.25, 0.3) is 6.08 Å². The predicted octanol–water partition coefficient (Wildman–Crippen LogP) is 5.38. The van der Waals surface area contributed by atoms with Gasteiger partial charge in [-0.2, -0.15) is 0 Å². The maximum Gasteiger partial charge on any atom is 0.262 e. The van der Waals surface area contributed by atoms with Crippen LogP contribution < -0.4 is 10.1 Å². The lowest BCUT2D eigenvalue weighted by Gasteiger charge is -2.18. The molecule has 23 heavy (non-hydrogen) atoms. The van der Waals surface area contributed by atoms with Crippen molar-refractivity contribution in [3.8, 4) is 5.75 Å². The van der Waals surface area contributed by atoms with Crippen LogP contribution >= 0.6 is 56.9 Å². The van der Waals surface area contributed by atoms with Crippen LogP contribution in [0.4, 0.5) is 5.69 Å². The molecule has 2 aromatic rings. The molecule has 0 unspecified atom stereocenters. The van der Waals surface area contributed by atoms with E-state index in [-0.39, 0.29) is 5.91 Å². The van der Waals surface area contributed by atoms with Crippen LogP contribution in [0.5, 0.6) is 5.75 Å². The largest absolute Gasteiger partial charge is 0.492 e. The molecule has 2 aromatic carbocycles. The molecule has 1 aliphatic rings. The van der Waals surface area contributed by atoms with Gasteiger partial charge < -0.3 is 10.1 Å². The Balaban J connectivity index is 1.95. The number of nitrogens with one attached hydrogen (secondary N) is 1. The quantitative estimate of drug-likeness (QED) is 0.413. The van der Waals surface area contributed by atoms with Crippen LogP contribution in [0.2, 0.25) is 0 Å². The smallest absolute Gasteiger partial charge is 0.262 e. The summed E-state index contributed by atoms with van der Waals surface area (Å²) < 4.78 is 7.75. The number of anilines is 1. The van der Waals surface area contributed by atoms with Crippen LogP contribution in [0.15, 0.2) is 46.2 Å². The maximum atomic E-state index is 12.3. The van der Waals surface area contributed by atoms with E-state index >= 15 is 0 Å². The van der Waals surface area contributed by atoms with Crippen molar-refractivity contribution in [2.24, 2.45) is 0 Å². The number of carbonyl (C=O) groups is 1. The molecule has 0 spiro atoms. The Bertz CT molecular complexity index is 782. The molecule has 0 saturated heterocycles. The molecule has 0 aliphatic carbocycles. The van der Waals surface area contributed by atoms with Crippen LogP contribution in [-0.2, 0) is 4.79 Å².